The largest absolute Gasteiger partial charge is 0.394 e. The van der Waals surface area contributed by atoms with E-state index in [1.165, 1.54) is 0 Å². The summed E-state index contributed by atoms with van der Waals surface area (Å²) in [7, 11) is 0. The number of nitrogens with one attached hydrogen (secondary N) is 1. The summed E-state index contributed by atoms with van der Waals surface area (Å²) in [6.07, 6.45) is 4.52. The Balaban J connectivity index is 2.39. The molecule has 0 amide bonds. The van der Waals surface area contributed by atoms with Crippen LogP contribution in [0.3, 0.4) is 0 Å². The van der Waals surface area contributed by atoms with Gasteiger partial charge in [0.15, 0.2) is 0 Å². The molecule has 1 aliphatic carbocycles. The van der Waals surface area contributed by atoms with Crippen molar-refractivity contribution in [1.29, 1.82) is 0 Å². The number of aliphatic hydroxyl groups excluding tert-OH is 1. The second-order valence-corrected chi connectivity index (χ2v) is 4.19. The van der Waals surface area contributed by atoms with Crippen LogP contribution in [0.5, 0.6) is 0 Å². The lowest BCUT2D eigenvalue weighted by Gasteiger charge is -2.28. The summed E-state index contributed by atoms with van der Waals surface area (Å²) in [5, 5.41) is 12.9. The molecule has 0 spiro atoms. The predicted molar refractivity (Wildman–Crippen MR) is 57.4 cm³/mol. The van der Waals surface area contributed by atoms with E-state index in [1.54, 1.807) is 0 Å². The van der Waals surface area contributed by atoms with Crippen molar-refractivity contribution in [2.45, 2.75) is 51.2 Å². The number of hydrogen-bond acceptors (Lipinski definition) is 3. The van der Waals surface area contributed by atoms with E-state index in [9.17, 15) is 5.11 Å². The first-order valence-corrected chi connectivity index (χ1v) is 5.74. The molecule has 2 unspecified atom stereocenters. The average molecular weight is 201 g/mol. The molecule has 0 aliphatic heterocycles. The van der Waals surface area contributed by atoms with Crippen molar-refractivity contribution >= 4 is 0 Å². The monoisotopic (exact) mass is 201 g/mol. The Morgan fingerprint density at radius 3 is 2.86 bits per heavy atom. The summed E-state index contributed by atoms with van der Waals surface area (Å²) in [6.45, 7) is 6.17. The lowest BCUT2D eigenvalue weighted by Crippen LogP contribution is -2.47. The lowest BCUT2D eigenvalue weighted by atomic mass is 9.98. The molecule has 0 aromatic rings. The van der Waals surface area contributed by atoms with Crippen LogP contribution in [0.4, 0.5) is 0 Å². The quantitative estimate of drug-likeness (QED) is 0.681. The Morgan fingerprint density at radius 2 is 2.29 bits per heavy atom. The molecule has 3 nitrogen and oxygen atoms in total. The molecule has 84 valence electrons. The number of aliphatic hydroxyl groups is 1. The molecule has 1 fully saturated rings. The maximum atomic E-state index is 9.41. The van der Waals surface area contributed by atoms with Crippen molar-refractivity contribution < 1.29 is 9.84 Å². The molecule has 0 aromatic heterocycles. The van der Waals surface area contributed by atoms with Crippen LogP contribution in [0.25, 0.3) is 0 Å². The molecule has 2 N–H and O–H groups in total. The van der Waals surface area contributed by atoms with Gasteiger partial charge in [0.05, 0.1) is 12.7 Å². The number of rotatable bonds is 6. The minimum absolute atomic E-state index is 0.0597. The van der Waals surface area contributed by atoms with Crippen LogP contribution in [-0.2, 0) is 4.74 Å². The molecule has 1 saturated carbocycles. The molecule has 2 atom stereocenters. The van der Waals surface area contributed by atoms with Gasteiger partial charge >= 0.3 is 0 Å². The van der Waals surface area contributed by atoms with E-state index < -0.39 is 0 Å². The zero-order valence-electron chi connectivity index (χ0n) is 9.38. The first kappa shape index (κ1) is 12.0. The van der Waals surface area contributed by atoms with Gasteiger partial charge in [0, 0.05) is 12.1 Å². The van der Waals surface area contributed by atoms with Gasteiger partial charge in [-0.05, 0) is 39.2 Å². The molecular weight excluding hydrogens is 178 g/mol. The molecule has 1 rings (SSSR count). The Morgan fingerprint density at radius 1 is 1.50 bits per heavy atom. The Hall–Kier alpha value is -0.120. The molecule has 3 heteroatoms. The molecule has 0 saturated heterocycles. The fourth-order valence-electron chi connectivity index (χ4n) is 2.21. The van der Waals surface area contributed by atoms with Gasteiger partial charge in [-0.15, -0.1) is 0 Å². The van der Waals surface area contributed by atoms with Crippen molar-refractivity contribution in [1.82, 2.24) is 5.32 Å². The summed E-state index contributed by atoms with van der Waals surface area (Å²) in [5.74, 6) is 0. The minimum Gasteiger partial charge on any atom is -0.394 e. The third kappa shape index (κ3) is 2.94. The van der Waals surface area contributed by atoms with Crippen LogP contribution < -0.4 is 5.32 Å². The zero-order valence-corrected chi connectivity index (χ0v) is 9.38. The van der Waals surface area contributed by atoms with Crippen molar-refractivity contribution in [2.24, 2.45) is 0 Å². The topological polar surface area (TPSA) is 41.5 Å². The van der Waals surface area contributed by atoms with Gasteiger partial charge < -0.3 is 15.2 Å². The van der Waals surface area contributed by atoms with Gasteiger partial charge in [-0.1, -0.05) is 6.92 Å². The fraction of sp³-hybridized carbons (Fsp3) is 1.00. The highest BCUT2D eigenvalue weighted by Crippen LogP contribution is 2.31. The van der Waals surface area contributed by atoms with Crippen molar-refractivity contribution in [3.8, 4) is 0 Å². The highest BCUT2D eigenvalue weighted by Gasteiger charge is 2.38. The summed E-state index contributed by atoms with van der Waals surface area (Å²) in [5.41, 5.74) is -0.0597. The maximum Gasteiger partial charge on any atom is 0.0614 e. The van der Waals surface area contributed by atoms with Gasteiger partial charge in [0.2, 0.25) is 0 Å². The smallest absolute Gasteiger partial charge is 0.0614 e. The van der Waals surface area contributed by atoms with E-state index in [0.717, 1.165) is 38.8 Å². The zero-order chi connectivity index (χ0) is 10.4. The molecular formula is C11H23NO2. The highest BCUT2D eigenvalue weighted by molar-refractivity contribution is 4.96. The van der Waals surface area contributed by atoms with Crippen molar-refractivity contribution in [2.75, 3.05) is 19.8 Å². The lowest BCUT2D eigenvalue weighted by molar-refractivity contribution is 0.0554. The van der Waals surface area contributed by atoms with Crippen LogP contribution in [0.15, 0.2) is 0 Å². The van der Waals surface area contributed by atoms with Crippen LogP contribution in [0.2, 0.25) is 0 Å². The first-order chi connectivity index (χ1) is 6.76. The number of ether oxygens (including phenoxy) is 1. The van der Waals surface area contributed by atoms with Crippen LogP contribution in [0.1, 0.15) is 39.5 Å². The van der Waals surface area contributed by atoms with E-state index >= 15 is 0 Å². The molecule has 0 heterocycles. The van der Waals surface area contributed by atoms with Crippen LogP contribution >= 0.6 is 0 Å². The molecule has 0 aromatic carbocycles. The SMILES string of the molecule is CCCNC1(CO)CCC(OCC)C1. The van der Waals surface area contributed by atoms with Gasteiger partial charge in [-0.25, -0.2) is 0 Å². The summed E-state index contributed by atoms with van der Waals surface area (Å²) >= 11 is 0. The van der Waals surface area contributed by atoms with Crippen LogP contribution in [-0.4, -0.2) is 36.5 Å². The van der Waals surface area contributed by atoms with Crippen LogP contribution in [0, 0.1) is 0 Å². The van der Waals surface area contributed by atoms with E-state index in [0.29, 0.717) is 6.10 Å². The molecule has 1 aliphatic rings. The summed E-state index contributed by atoms with van der Waals surface area (Å²) in [4.78, 5) is 0. The summed E-state index contributed by atoms with van der Waals surface area (Å²) in [6, 6.07) is 0. The van der Waals surface area contributed by atoms with Crippen molar-refractivity contribution in [3.63, 3.8) is 0 Å². The van der Waals surface area contributed by atoms with Gasteiger partial charge in [-0.2, -0.15) is 0 Å². The van der Waals surface area contributed by atoms with E-state index in [4.69, 9.17) is 4.74 Å². The molecule has 0 radical (unpaired) electrons. The predicted octanol–water partition coefficient (Wildman–Crippen LogP) is 1.31. The van der Waals surface area contributed by atoms with E-state index in [-0.39, 0.29) is 12.1 Å². The Kier molecular flexibility index (Phi) is 4.85. The normalized spacial score (nSPS) is 32.4. The average Bonchev–Trinajstić information content (AvgIpc) is 2.60. The molecule has 0 bridgehead atoms. The minimum atomic E-state index is -0.0597. The second kappa shape index (κ2) is 5.69. The Labute approximate surface area is 86.8 Å². The summed E-state index contributed by atoms with van der Waals surface area (Å²) < 4.78 is 5.59. The second-order valence-electron chi connectivity index (χ2n) is 4.19. The van der Waals surface area contributed by atoms with Gasteiger partial charge in [0.25, 0.3) is 0 Å². The highest BCUT2D eigenvalue weighted by atomic mass is 16.5. The fourth-order valence-corrected chi connectivity index (χ4v) is 2.21. The maximum absolute atomic E-state index is 9.41. The Bertz CT molecular complexity index is 163. The van der Waals surface area contributed by atoms with E-state index in [1.807, 2.05) is 6.92 Å². The third-order valence-corrected chi connectivity index (χ3v) is 3.02. The van der Waals surface area contributed by atoms with E-state index in [2.05, 4.69) is 12.2 Å². The van der Waals surface area contributed by atoms with Crippen molar-refractivity contribution in [3.05, 3.63) is 0 Å². The third-order valence-electron chi connectivity index (χ3n) is 3.02. The number of hydrogen-bond donors (Lipinski definition) is 2. The first-order valence-electron chi connectivity index (χ1n) is 5.74. The molecule has 14 heavy (non-hydrogen) atoms. The van der Waals surface area contributed by atoms with Gasteiger partial charge in [-0.3, -0.25) is 0 Å². The van der Waals surface area contributed by atoms with Gasteiger partial charge in [0.1, 0.15) is 0 Å². The standard InChI is InChI=1S/C11H23NO2/c1-3-7-12-11(9-13)6-5-10(8-11)14-4-2/h10,12-13H,3-9H2,1-2H3.